The monoisotopic (exact) mass is 498 g/mol. The zero-order chi connectivity index (χ0) is 27.0. The maximum atomic E-state index is 11.9. The Kier molecular flexibility index (Phi) is 11.8. The molecule has 3 aromatic rings. The Morgan fingerprint density at radius 3 is 2.68 bits per heavy atom. The first-order chi connectivity index (χ1) is 17.9. The van der Waals surface area contributed by atoms with Gasteiger partial charge in [-0.1, -0.05) is 43.3 Å². The number of hydrogen-bond acceptors (Lipinski definition) is 5. The van der Waals surface area contributed by atoms with E-state index in [1.807, 2.05) is 55.5 Å². The summed E-state index contributed by atoms with van der Waals surface area (Å²) in [5, 5.41) is 14.5. The van der Waals surface area contributed by atoms with E-state index in [0.717, 1.165) is 47.4 Å². The van der Waals surface area contributed by atoms with Gasteiger partial charge in [-0.15, -0.1) is 12.8 Å². The number of hydrogen-bond donors (Lipinski definition) is 3. The highest BCUT2D eigenvalue weighted by atomic mass is 16.3. The summed E-state index contributed by atoms with van der Waals surface area (Å²) in [6.07, 6.45) is 14.3. The molecule has 1 aliphatic heterocycles. The normalized spacial score (nSPS) is 13.2. The number of aliphatic imine (C=N–C) groups is 1. The number of carbonyl (C=O) groups is 1. The third-order valence-electron chi connectivity index (χ3n) is 5.56. The maximum absolute atomic E-state index is 11.9. The Morgan fingerprint density at radius 1 is 1.19 bits per heavy atom. The van der Waals surface area contributed by atoms with E-state index in [-0.39, 0.29) is 11.9 Å². The first-order valence-electron chi connectivity index (χ1n) is 12.0. The van der Waals surface area contributed by atoms with Gasteiger partial charge in [-0.3, -0.25) is 10.1 Å². The summed E-state index contributed by atoms with van der Waals surface area (Å²) >= 11 is 0. The van der Waals surface area contributed by atoms with Gasteiger partial charge in [-0.05, 0) is 56.0 Å². The molecular weight excluding hydrogens is 464 g/mol. The molecule has 8 nitrogen and oxygen atoms in total. The van der Waals surface area contributed by atoms with E-state index in [0.29, 0.717) is 18.8 Å². The van der Waals surface area contributed by atoms with Gasteiger partial charge in [-0.25, -0.2) is 4.99 Å². The highest BCUT2D eigenvalue weighted by molar-refractivity contribution is 5.86. The van der Waals surface area contributed by atoms with Crippen LogP contribution in [0.25, 0.3) is 11.0 Å². The summed E-state index contributed by atoms with van der Waals surface area (Å²) in [5.74, 6) is 0.994. The molecule has 0 atom stereocenters. The number of terminal acetylenes is 1. The lowest BCUT2D eigenvalue weighted by molar-refractivity contribution is -0.122. The van der Waals surface area contributed by atoms with Crippen LogP contribution in [0.1, 0.15) is 37.0 Å². The number of guanidine groups is 1. The lowest BCUT2D eigenvalue weighted by atomic mass is 10.2. The van der Waals surface area contributed by atoms with Crippen molar-refractivity contribution >= 4 is 28.5 Å². The van der Waals surface area contributed by atoms with E-state index in [2.05, 4.69) is 40.0 Å². The van der Waals surface area contributed by atoms with Crippen molar-refractivity contribution in [2.24, 2.45) is 10.7 Å². The average molecular weight is 499 g/mol. The molecule has 192 valence electrons. The molecule has 1 aromatic heterocycles. The number of carbonyl (C=O) groups excluding carboxylic acids is 1. The molecule has 0 saturated carbocycles. The summed E-state index contributed by atoms with van der Waals surface area (Å²) in [7, 11) is 0. The van der Waals surface area contributed by atoms with E-state index in [1.54, 1.807) is 12.3 Å². The van der Waals surface area contributed by atoms with Crippen LogP contribution in [0.4, 0.5) is 5.69 Å². The van der Waals surface area contributed by atoms with Gasteiger partial charge in [0.05, 0.1) is 12.2 Å². The van der Waals surface area contributed by atoms with Gasteiger partial charge in [0.2, 0.25) is 11.9 Å². The van der Waals surface area contributed by atoms with Crippen molar-refractivity contribution in [3.05, 3.63) is 78.2 Å². The van der Waals surface area contributed by atoms with Crippen LogP contribution < -0.4 is 16.4 Å². The first-order valence-corrected chi connectivity index (χ1v) is 12.0. The van der Waals surface area contributed by atoms with Crippen LogP contribution in [0, 0.1) is 31.2 Å². The summed E-state index contributed by atoms with van der Waals surface area (Å²) in [6, 6.07) is 17.3. The molecule has 1 fully saturated rings. The molecule has 0 bridgehead atoms. The molecule has 37 heavy (non-hydrogen) atoms. The molecule has 4 rings (SSSR count). The van der Waals surface area contributed by atoms with E-state index in [9.17, 15) is 4.79 Å². The lowest BCUT2D eigenvalue weighted by Gasteiger charge is -2.23. The quantitative estimate of drug-likeness (QED) is 0.154. The number of amides is 1. The van der Waals surface area contributed by atoms with Gasteiger partial charge in [0.15, 0.2) is 6.19 Å². The number of nitrogens with zero attached hydrogens (tertiary/aromatic N) is 3. The van der Waals surface area contributed by atoms with Gasteiger partial charge in [0.1, 0.15) is 11.3 Å². The first kappa shape index (κ1) is 28.5. The summed E-state index contributed by atoms with van der Waals surface area (Å²) in [5.41, 5.74) is 9.18. The third kappa shape index (κ3) is 9.83. The minimum atomic E-state index is 0.0714. The van der Waals surface area contributed by atoms with Crippen LogP contribution in [-0.2, 0) is 11.3 Å². The fraction of sp³-hybridized carbons (Fsp3) is 0.276. The number of likely N-dealkylation sites (tertiary alicyclic amines) is 1. The maximum Gasteiger partial charge on any atom is 0.239 e. The highest BCUT2D eigenvalue weighted by Crippen LogP contribution is 2.24. The second-order valence-electron chi connectivity index (χ2n) is 8.37. The van der Waals surface area contributed by atoms with Gasteiger partial charge < -0.3 is 20.4 Å². The largest absolute Gasteiger partial charge is 0.461 e. The van der Waals surface area contributed by atoms with Crippen LogP contribution in [0.3, 0.4) is 0 Å². The van der Waals surface area contributed by atoms with Crippen molar-refractivity contribution in [1.29, 1.82) is 5.26 Å². The molecule has 0 unspecified atom stereocenters. The summed E-state index contributed by atoms with van der Waals surface area (Å²) in [4.78, 5) is 18.1. The summed E-state index contributed by atoms with van der Waals surface area (Å²) in [6.45, 7) is 7.95. The number of allylic oxidation sites excluding steroid dienone is 1. The molecule has 2 aromatic carbocycles. The minimum absolute atomic E-state index is 0.0714. The van der Waals surface area contributed by atoms with Crippen molar-refractivity contribution in [3.63, 3.8) is 0 Å². The van der Waals surface area contributed by atoms with Crippen molar-refractivity contribution in [3.8, 4) is 19.0 Å². The standard InChI is InChI=1S/C16H22N2O.C11H10N4O.C2H2/c1-14-8-4-3-7-11-18(14)13-16(19)17-12-15-9-5-2-6-10-15;1-7-4-8-5-9(2-3-10(8)16-7)15-11(13)14-6-12;1-2/h2,5-6,9-10H,1,3-4,7-8,11-13H2,(H,17,19);2-5H,1H3,(H3,13,14,15);1-2H. The highest BCUT2D eigenvalue weighted by Gasteiger charge is 2.14. The molecular formula is C29H34N6O2. The average Bonchev–Trinajstić information content (AvgIpc) is 3.16. The van der Waals surface area contributed by atoms with E-state index >= 15 is 0 Å². The molecule has 1 amide bonds. The van der Waals surface area contributed by atoms with Crippen molar-refractivity contribution in [2.75, 3.05) is 13.1 Å². The number of rotatable bonds is 5. The van der Waals surface area contributed by atoms with Crippen molar-refractivity contribution in [1.82, 2.24) is 15.5 Å². The Bertz CT molecular complexity index is 1250. The topological polar surface area (TPSA) is 120 Å². The number of furan rings is 1. The Hall–Kier alpha value is -4.69. The smallest absolute Gasteiger partial charge is 0.239 e. The van der Waals surface area contributed by atoms with Gasteiger partial charge in [0, 0.05) is 24.2 Å². The zero-order valence-corrected chi connectivity index (χ0v) is 21.2. The number of benzene rings is 2. The van der Waals surface area contributed by atoms with Crippen LogP contribution in [-0.4, -0.2) is 29.9 Å². The van der Waals surface area contributed by atoms with E-state index in [1.165, 1.54) is 12.8 Å². The van der Waals surface area contributed by atoms with E-state index < -0.39 is 0 Å². The van der Waals surface area contributed by atoms with Gasteiger partial charge in [-0.2, -0.15) is 5.26 Å². The molecule has 0 spiro atoms. The number of fused-ring (bicyclic) bond motifs is 1. The predicted molar refractivity (Wildman–Crippen MR) is 148 cm³/mol. The van der Waals surface area contributed by atoms with Gasteiger partial charge >= 0.3 is 0 Å². The van der Waals surface area contributed by atoms with Crippen LogP contribution >= 0.6 is 0 Å². The molecule has 0 aliphatic carbocycles. The van der Waals surface area contributed by atoms with Crippen molar-refractivity contribution in [2.45, 2.75) is 39.2 Å². The second kappa shape index (κ2) is 15.3. The number of aryl methyl sites for hydroxylation is 1. The summed E-state index contributed by atoms with van der Waals surface area (Å²) < 4.78 is 5.43. The Balaban J connectivity index is 0.000000247. The van der Waals surface area contributed by atoms with Gasteiger partial charge in [0.25, 0.3) is 0 Å². The Labute approximate surface area is 218 Å². The molecule has 4 N–H and O–H groups in total. The molecule has 0 radical (unpaired) electrons. The minimum Gasteiger partial charge on any atom is -0.461 e. The Morgan fingerprint density at radius 2 is 1.95 bits per heavy atom. The predicted octanol–water partition coefficient (Wildman–Crippen LogP) is 4.70. The molecule has 1 aliphatic rings. The zero-order valence-electron chi connectivity index (χ0n) is 21.2. The van der Waals surface area contributed by atoms with Crippen LogP contribution in [0.15, 0.2) is 76.3 Å². The van der Waals surface area contributed by atoms with Crippen LogP contribution in [0.5, 0.6) is 0 Å². The second-order valence-corrected chi connectivity index (χ2v) is 8.37. The van der Waals surface area contributed by atoms with Crippen LogP contribution in [0.2, 0.25) is 0 Å². The fourth-order valence-corrected chi connectivity index (χ4v) is 3.80. The fourth-order valence-electron chi connectivity index (χ4n) is 3.80. The number of nitriles is 1. The lowest BCUT2D eigenvalue weighted by Crippen LogP contribution is -2.36. The van der Waals surface area contributed by atoms with E-state index in [4.69, 9.17) is 15.4 Å². The molecule has 2 heterocycles. The molecule has 1 saturated heterocycles. The third-order valence-corrected chi connectivity index (χ3v) is 5.56. The number of nitrogens with one attached hydrogen (secondary N) is 2. The van der Waals surface area contributed by atoms with Crippen molar-refractivity contribution < 1.29 is 9.21 Å². The molecule has 8 heteroatoms. The SMILES string of the molecule is C#C.C=C1CCCCCN1CC(=O)NCc1ccccc1.Cc1cc2cc(N=C(N)NC#N)ccc2o1. The number of nitrogens with two attached hydrogens (primary N) is 1.